The van der Waals surface area contributed by atoms with E-state index in [1.165, 1.54) is 17.8 Å². The highest BCUT2D eigenvalue weighted by atomic mass is 19.1. The average Bonchev–Trinajstić information content (AvgIpc) is 2.54. The summed E-state index contributed by atoms with van der Waals surface area (Å²) in [5.41, 5.74) is 6.51. The summed E-state index contributed by atoms with van der Waals surface area (Å²) in [7, 11) is 1.64. The van der Waals surface area contributed by atoms with Crippen molar-refractivity contribution in [2.24, 2.45) is 7.05 Å². The van der Waals surface area contributed by atoms with Gasteiger partial charge in [-0.3, -0.25) is 4.68 Å². The van der Waals surface area contributed by atoms with Gasteiger partial charge in [0, 0.05) is 18.2 Å². The summed E-state index contributed by atoms with van der Waals surface area (Å²) in [6, 6.07) is 2.29. The predicted molar refractivity (Wildman–Crippen MR) is 57.7 cm³/mol. The van der Waals surface area contributed by atoms with E-state index >= 15 is 0 Å². The summed E-state index contributed by atoms with van der Waals surface area (Å²) in [5.74, 6) is -0.652. The fourth-order valence-corrected chi connectivity index (χ4v) is 1.51. The van der Waals surface area contributed by atoms with Gasteiger partial charge >= 0.3 is 0 Å². The second-order valence-electron chi connectivity index (χ2n) is 3.65. The zero-order valence-corrected chi connectivity index (χ0v) is 8.96. The van der Waals surface area contributed by atoms with E-state index in [4.69, 9.17) is 5.73 Å². The van der Waals surface area contributed by atoms with E-state index < -0.39 is 11.6 Å². The van der Waals surface area contributed by atoms with Crippen LogP contribution in [0.1, 0.15) is 5.56 Å². The molecule has 0 atom stereocenters. The lowest BCUT2D eigenvalue weighted by molar-refractivity contribution is 0.595. The molecular weight excluding hydrogens is 212 g/mol. The van der Waals surface area contributed by atoms with Crippen LogP contribution in [0.15, 0.2) is 18.3 Å². The van der Waals surface area contributed by atoms with Crippen LogP contribution in [0.25, 0.3) is 11.1 Å². The first-order chi connectivity index (χ1) is 7.50. The molecule has 1 aromatic carbocycles. The normalized spacial score (nSPS) is 10.8. The maximum absolute atomic E-state index is 13.6. The van der Waals surface area contributed by atoms with Crippen LogP contribution in [0, 0.1) is 18.6 Å². The number of benzene rings is 1. The standard InChI is InChI=1S/C11H11F2N3/c1-6-3-10(13)7(4-9(6)12)8-5-15-16(2)11(8)14/h3-5H,14H2,1-2H3. The quantitative estimate of drug-likeness (QED) is 0.805. The molecule has 5 heteroatoms. The molecule has 84 valence electrons. The molecule has 2 rings (SSSR count). The molecule has 0 amide bonds. The van der Waals surface area contributed by atoms with E-state index in [0.717, 1.165) is 12.1 Å². The van der Waals surface area contributed by atoms with Gasteiger partial charge in [0.1, 0.15) is 17.5 Å². The first-order valence-corrected chi connectivity index (χ1v) is 4.74. The van der Waals surface area contributed by atoms with Crippen LogP contribution in [0.4, 0.5) is 14.6 Å². The Kier molecular flexibility index (Phi) is 2.38. The molecule has 0 bridgehead atoms. The second-order valence-corrected chi connectivity index (χ2v) is 3.65. The molecule has 3 nitrogen and oxygen atoms in total. The molecule has 1 aromatic heterocycles. The van der Waals surface area contributed by atoms with Crippen LogP contribution < -0.4 is 5.73 Å². The lowest BCUT2D eigenvalue weighted by Gasteiger charge is -2.05. The number of aryl methyl sites for hydroxylation is 2. The third kappa shape index (κ3) is 1.54. The highest BCUT2D eigenvalue weighted by Crippen LogP contribution is 2.29. The van der Waals surface area contributed by atoms with Crippen molar-refractivity contribution in [1.29, 1.82) is 0 Å². The van der Waals surface area contributed by atoms with Gasteiger partial charge in [0.15, 0.2) is 0 Å². The number of rotatable bonds is 1. The van der Waals surface area contributed by atoms with Gasteiger partial charge in [-0.15, -0.1) is 0 Å². The van der Waals surface area contributed by atoms with E-state index in [2.05, 4.69) is 5.10 Å². The SMILES string of the molecule is Cc1cc(F)c(-c2cnn(C)c2N)cc1F. The van der Waals surface area contributed by atoms with Gasteiger partial charge in [0.25, 0.3) is 0 Å². The molecule has 2 aromatic rings. The van der Waals surface area contributed by atoms with Crippen molar-refractivity contribution in [3.63, 3.8) is 0 Å². The van der Waals surface area contributed by atoms with Crippen molar-refractivity contribution >= 4 is 5.82 Å². The topological polar surface area (TPSA) is 43.8 Å². The van der Waals surface area contributed by atoms with Crippen molar-refractivity contribution in [2.45, 2.75) is 6.92 Å². The molecule has 0 aliphatic heterocycles. The Morgan fingerprint density at radius 3 is 2.44 bits per heavy atom. The number of nitrogen functional groups attached to an aromatic ring is 1. The number of hydrogen-bond donors (Lipinski definition) is 1. The Morgan fingerprint density at radius 2 is 1.88 bits per heavy atom. The van der Waals surface area contributed by atoms with Crippen LogP contribution in [-0.2, 0) is 7.05 Å². The van der Waals surface area contributed by atoms with E-state index in [1.54, 1.807) is 7.05 Å². The molecule has 1 heterocycles. The number of nitrogens with zero attached hydrogens (tertiary/aromatic N) is 2. The lowest BCUT2D eigenvalue weighted by Crippen LogP contribution is -1.99. The molecule has 2 N–H and O–H groups in total. The zero-order chi connectivity index (χ0) is 11.9. The van der Waals surface area contributed by atoms with Gasteiger partial charge in [-0.2, -0.15) is 5.10 Å². The Hall–Kier alpha value is -1.91. The van der Waals surface area contributed by atoms with Crippen LogP contribution in [0.2, 0.25) is 0 Å². The Labute approximate surface area is 91.5 Å². The highest BCUT2D eigenvalue weighted by Gasteiger charge is 2.14. The fraction of sp³-hybridized carbons (Fsp3) is 0.182. The summed E-state index contributed by atoms with van der Waals surface area (Å²) >= 11 is 0. The lowest BCUT2D eigenvalue weighted by atomic mass is 10.1. The number of hydrogen-bond acceptors (Lipinski definition) is 2. The summed E-state index contributed by atoms with van der Waals surface area (Å²) in [5, 5.41) is 3.89. The van der Waals surface area contributed by atoms with Crippen molar-refractivity contribution in [3.05, 3.63) is 35.5 Å². The van der Waals surface area contributed by atoms with Gasteiger partial charge in [-0.05, 0) is 24.6 Å². The molecule has 0 saturated heterocycles. The van der Waals surface area contributed by atoms with Gasteiger partial charge in [-0.25, -0.2) is 8.78 Å². The zero-order valence-electron chi connectivity index (χ0n) is 8.96. The van der Waals surface area contributed by atoms with Crippen LogP contribution >= 0.6 is 0 Å². The number of nitrogens with two attached hydrogens (primary N) is 1. The minimum Gasteiger partial charge on any atom is -0.383 e. The molecule has 0 aliphatic rings. The fourth-order valence-electron chi connectivity index (χ4n) is 1.51. The smallest absolute Gasteiger partial charge is 0.131 e. The predicted octanol–water partition coefficient (Wildman–Crippen LogP) is 2.26. The summed E-state index contributed by atoms with van der Waals surface area (Å²) < 4.78 is 28.4. The van der Waals surface area contributed by atoms with Gasteiger partial charge in [0.05, 0.1) is 6.20 Å². The Balaban J connectivity index is 2.65. The van der Waals surface area contributed by atoms with Crippen molar-refractivity contribution in [2.75, 3.05) is 5.73 Å². The highest BCUT2D eigenvalue weighted by molar-refractivity contribution is 5.74. The molecular formula is C11H11F2N3. The molecule has 0 spiro atoms. The molecule has 0 radical (unpaired) electrons. The monoisotopic (exact) mass is 223 g/mol. The number of anilines is 1. The molecule has 0 fully saturated rings. The van der Waals surface area contributed by atoms with Crippen molar-refractivity contribution in [3.8, 4) is 11.1 Å². The second kappa shape index (κ2) is 3.59. The van der Waals surface area contributed by atoms with Crippen molar-refractivity contribution < 1.29 is 8.78 Å². The first-order valence-electron chi connectivity index (χ1n) is 4.74. The number of halogens is 2. The van der Waals surface area contributed by atoms with Gasteiger partial charge < -0.3 is 5.73 Å². The maximum Gasteiger partial charge on any atom is 0.131 e. The summed E-state index contributed by atoms with van der Waals surface area (Å²) in [4.78, 5) is 0. The minimum atomic E-state index is -0.501. The van der Waals surface area contributed by atoms with E-state index in [9.17, 15) is 8.78 Å². The molecule has 0 saturated carbocycles. The Bertz CT molecular complexity index is 546. The van der Waals surface area contributed by atoms with Crippen LogP contribution in [0.5, 0.6) is 0 Å². The van der Waals surface area contributed by atoms with Gasteiger partial charge in [-0.1, -0.05) is 0 Å². The molecule has 16 heavy (non-hydrogen) atoms. The maximum atomic E-state index is 13.6. The summed E-state index contributed by atoms with van der Waals surface area (Å²) in [6.45, 7) is 1.51. The third-order valence-corrected chi connectivity index (χ3v) is 2.52. The average molecular weight is 223 g/mol. The molecule has 0 aliphatic carbocycles. The minimum absolute atomic E-state index is 0.133. The van der Waals surface area contributed by atoms with Crippen LogP contribution in [0.3, 0.4) is 0 Å². The van der Waals surface area contributed by atoms with E-state index in [0.29, 0.717) is 11.4 Å². The van der Waals surface area contributed by atoms with Crippen LogP contribution in [-0.4, -0.2) is 9.78 Å². The molecule has 0 unspecified atom stereocenters. The third-order valence-electron chi connectivity index (χ3n) is 2.52. The van der Waals surface area contributed by atoms with E-state index in [-0.39, 0.29) is 11.1 Å². The van der Waals surface area contributed by atoms with Gasteiger partial charge in [0.2, 0.25) is 0 Å². The Morgan fingerprint density at radius 1 is 1.19 bits per heavy atom. The first kappa shape index (κ1) is 10.6. The largest absolute Gasteiger partial charge is 0.383 e. The van der Waals surface area contributed by atoms with Crippen molar-refractivity contribution in [1.82, 2.24) is 9.78 Å². The summed E-state index contributed by atoms with van der Waals surface area (Å²) in [6.07, 6.45) is 1.42. The number of aromatic nitrogens is 2. The van der Waals surface area contributed by atoms with E-state index in [1.807, 2.05) is 0 Å².